The maximum Gasteiger partial charge on any atom is 0.223 e. The zero-order chi connectivity index (χ0) is 18.8. The van der Waals surface area contributed by atoms with Gasteiger partial charge in [-0.2, -0.15) is 0 Å². The van der Waals surface area contributed by atoms with Gasteiger partial charge in [0, 0.05) is 25.6 Å². The van der Waals surface area contributed by atoms with Gasteiger partial charge in [0.25, 0.3) is 0 Å². The van der Waals surface area contributed by atoms with Crippen LogP contribution >= 0.6 is 0 Å². The average molecular weight is 363 g/mol. The van der Waals surface area contributed by atoms with Gasteiger partial charge in [-0.3, -0.25) is 9.69 Å². The van der Waals surface area contributed by atoms with Crippen molar-refractivity contribution in [2.45, 2.75) is 52.7 Å². The monoisotopic (exact) mass is 362 g/mol. The predicted molar refractivity (Wildman–Crippen MR) is 104 cm³/mol. The minimum atomic E-state index is 0.145. The third-order valence-corrected chi connectivity index (χ3v) is 4.65. The Labute approximate surface area is 158 Å². The third-order valence-electron chi connectivity index (χ3n) is 4.65. The molecular weight excluding hydrogens is 328 g/mol. The van der Waals surface area contributed by atoms with E-state index in [0.717, 1.165) is 44.6 Å². The van der Waals surface area contributed by atoms with Crippen molar-refractivity contribution >= 4 is 5.91 Å². The number of rotatable bonds is 10. The largest absolute Gasteiger partial charge is 0.494 e. The molecule has 1 aliphatic rings. The maximum atomic E-state index is 12.3. The predicted octanol–water partition coefficient (Wildman–Crippen LogP) is 3.23. The van der Waals surface area contributed by atoms with Gasteiger partial charge < -0.3 is 14.8 Å². The van der Waals surface area contributed by atoms with E-state index in [-0.39, 0.29) is 17.9 Å². The molecule has 1 heterocycles. The zero-order valence-corrected chi connectivity index (χ0v) is 16.5. The summed E-state index contributed by atoms with van der Waals surface area (Å²) in [5.74, 6) is 1.28. The van der Waals surface area contributed by atoms with Gasteiger partial charge >= 0.3 is 0 Å². The van der Waals surface area contributed by atoms with Gasteiger partial charge in [-0.25, -0.2) is 0 Å². The molecule has 1 saturated heterocycles. The fourth-order valence-corrected chi connectivity index (χ4v) is 3.26. The van der Waals surface area contributed by atoms with Gasteiger partial charge in [0.2, 0.25) is 5.91 Å². The van der Waals surface area contributed by atoms with Crippen molar-refractivity contribution in [3.8, 4) is 5.75 Å². The van der Waals surface area contributed by atoms with E-state index in [2.05, 4.69) is 22.3 Å². The highest BCUT2D eigenvalue weighted by Gasteiger charge is 2.24. The van der Waals surface area contributed by atoms with Crippen LogP contribution in [0.2, 0.25) is 0 Å². The highest BCUT2D eigenvalue weighted by Crippen LogP contribution is 2.21. The van der Waals surface area contributed by atoms with Crippen LogP contribution in [0.3, 0.4) is 0 Å². The van der Waals surface area contributed by atoms with E-state index >= 15 is 0 Å². The summed E-state index contributed by atoms with van der Waals surface area (Å²) >= 11 is 0. The van der Waals surface area contributed by atoms with E-state index in [1.165, 1.54) is 5.56 Å². The number of carbonyl (C=O) groups is 1. The van der Waals surface area contributed by atoms with Crippen molar-refractivity contribution in [1.29, 1.82) is 0 Å². The highest BCUT2D eigenvalue weighted by molar-refractivity contribution is 5.78. The van der Waals surface area contributed by atoms with E-state index in [1.54, 1.807) is 0 Å². The fraction of sp³-hybridized carbons (Fsp3) is 0.667. The lowest BCUT2D eigenvalue weighted by Crippen LogP contribution is -2.40. The van der Waals surface area contributed by atoms with Crippen molar-refractivity contribution in [3.05, 3.63) is 29.8 Å². The number of likely N-dealkylation sites (tertiary alicyclic amines) is 1. The summed E-state index contributed by atoms with van der Waals surface area (Å²) < 4.78 is 11.1. The first-order valence-corrected chi connectivity index (χ1v) is 9.92. The van der Waals surface area contributed by atoms with Crippen molar-refractivity contribution in [2.24, 2.45) is 5.92 Å². The van der Waals surface area contributed by atoms with Crippen LogP contribution in [0.15, 0.2) is 24.3 Å². The van der Waals surface area contributed by atoms with Crippen LogP contribution in [-0.4, -0.2) is 49.8 Å². The molecule has 5 nitrogen and oxygen atoms in total. The number of nitrogens with zero attached hydrogens (tertiary/aromatic N) is 1. The fourth-order valence-electron chi connectivity index (χ4n) is 3.26. The minimum Gasteiger partial charge on any atom is -0.494 e. The highest BCUT2D eigenvalue weighted by atomic mass is 16.5. The number of amides is 1. The lowest BCUT2D eigenvalue weighted by atomic mass is 9.95. The molecule has 0 saturated carbocycles. The van der Waals surface area contributed by atoms with Crippen LogP contribution in [-0.2, 0) is 16.1 Å². The van der Waals surface area contributed by atoms with Crippen molar-refractivity contribution in [2.75, 3.05) is 32.8 Å². The number of benzene rings is 1. The molecular formula is C21H34N2O3. The molecule has 26 heavy (non-hydrogen) atoms. The van der Waals surface area contributed by atoms with Crippen LogP contribution in [0.5, 0.6) is 5.75 Å². The Morgan fingerprint density at radius 3 is 2.77 bits per heavy atom. The SMILES string of the molecule is CCOc1cccc(CN2CCC(C(=O)NCCCOC(C)C)CC2)c1. The van der Waals surface area contributed by atoms with Crippen LogP contribution in [0.1, 0.15) is 45.6 Å². The number of hydrogen-bond acceptors (Lipinski definition) is 4. The number of nitrogens with one attached hydrogen (secondary N) is 1. The number of piperidine rings is 1. The molecule has 0 spiro atoms. The summed E-state index contributed by atoms with van der Waals surface area (Å²) in [7, 11) is 0. The number of ether oxygens (including phenoxy) is 2. The summed E-state index contributed by atoms with van der Waals surface area (Å²) in [5.41, 5.74) is 1.27. The Balaban J connectivity index is 1.66. The Kier molecular flexibility index (Phi) is 8.92. The Hall–Kier alpha value is -1.59. The molecule has 1 N–H and O–H groups in total. The molecule has 1 fully saturated rings. The van der Waals surface area contributed by atoms with Crippen LogP contribution in [0, 0.1) is 5.92 Å². The third kappa shape index (κ3) is 7.34. The van der Waals surface area contributed by atoms with Crippen LogP contribution < -0.4 is 10.1 Å². The first-order chi connectivity index (χ1) is 12.6. The maximum absolute atomic E-state index is 12.3. The van der Waals surface area contributed by atoms with Crippen molar-refractivity contribution in [3.63, 3.8) is 0 Å². The van der Waals surface area contributed by atoms with E-state index < -0.39 is 0 Å². The van der Waals surface area contributed by atoms with Gasteiger partial charge in [0.05, 0.1) is 12.7 Å². The first-order valence-electron chi connectivity index (χ1n) is 9.92. The van der Waals surface area contributed by atoms with Gasteiger partial charge in [0.15, 0.2) is 0 Å². The van der Waals surface area contributed by atoms with Crippen molar-refractivity contribution in [1.82, 2.24) is 10.2 Å². The Morgan fingerprint density at radius 2 is 2.08 bits per heavy atom. The van der Waals surface area contributed by atoms with E-state index in [9.17, 15) is 4.79 Å². The molecule has 5 heteroatoms. The molecule has 0 unspecified atom stereocenters. The molecule has 0 aliphatic carbocycles. The molecule has 1 aliphatic heterocycles. The second-order valence-corrected chi connectivity index (χ2v) is 7.19. The summed E-state index contributed by atoms with van der Waals surface area (Å²) in [6.45, 7) is 11.0. The molecule has 2 rings (SSSR count). The molecule has 0 bridgehead atoms. The number of hydrogen-bond donors (Lipinski definition) is 1. The second-order valence-electron chi connectivity index (χ2n) is 7.19. The molecule has 0 aromatic heterocycles. The zero-order valence-electron chi connectivity index (χ0n) is 16.5. The smallest absolute Gasteiger partial charge is 0.223 e. The molecule has 0 atom stereocenters. The number of carbonyl (C=O) groups excluding carboxylic acids is 1. The van der Waals surface area contributed by atoms with Gasteiger partial charge in [-0.1, -0.05) is 12.1 Å². The van der Waals surface area contributed by atoms with Gasteiger partial charge in [0.1, 0.15) is 5.75 Å². The van der Waals surface area contributed by atoms with Crippen molar-refractivity contribution < 1.29 is 14.3 Å². The molecule has 1 aromatic carbocycles. The molecule has 0 radical (unpaired) electrons. The van der Waals surface area contributed by atoms with Gasteiger partial charge in [-0.05, 0) is 70.8 Å². The summed E-state index contributed by atoms with van der Waals surface area (Å²) in [6.07, 6.45) is 2.99. The molecule has 1 aromatic rings. The quantitative estimate of drug-likeness (QED) is 0.649. The van der Waals surface area contributed by atoms with E-state index in [4.69, 9.17) is 9.47 Å². The summed E-state index contributed by atoms with van der Waals surface area (Å²) in [5, 5.41) is 3.06. The molecule has 146 valence electrons. The topological polar surface area (TPSA) is 50.8 Å². The van der Waals surface area contributed by atoms with Gasteiger partial charge in [-0.15, -0.1) is 0 Å². The van der Waals surface area contributed by atoms with Crippen LogP contribution in [0.25, 0.3) is 0 Å². The lowest BCUT2D eigenvalue weighted by Gasteiger charge is -2.31. The lowest BCUT2D eigenvalue weighted by molar-refractivity contribution is -0.126. The normalized spacial score (nSPS) is 16.0. The summed E-state index contributed by atoms with van der Waals surface area (Å²) in [6, 6.07) is 8.29. The first kappa shape index (κ1) is 20.7. The Bertz CT molecular complexity index is 540. The van der Waals surface area contributed by atoms with E-state index in [0.29, 0.717) is 19.8 Å². The average Bonchev–Trinajstić information content (AvgIpc) is 2.62. The van der Waals surface area contributed by atoms with Crippen LogP contribution in [0.4, 0.5) is 0 Å². The minimum absolute atomic E-state index is 0.145. The Morgan fingerprint density at radius 1 is 1.31 bits per heavy atom. The van der Waals surface area contributed by atoms with E-state index in [1.807, 2.05) is 32.9 Å². The standard InChI is InChI=1S/C21H34N2O3/c1-4-25-20-8-5-7-18(15-20)16-23-12-9-19(10-13-23)21(24)22-11-6-14-26-17(2)3/h5,7-8,15,17,19H,4,6,9-14,16H2,1-3H3,(H,22,24). The summed E-state index contributed by atoms with van der Waals surface area (Å²) in [4.78, 5) is 14.7. The second kappa shape index (κ2) is 11.2. The molecule has 1 amide bonds.